The molecule has 94 valence electrons. The molecule has 0 aliphatic carbocycles. The van der Waals surface area contributed by atoms with Gasteiger partial charge in [-0.1, -0.05) is 12.1 Å². The van der Waals surface area contributed by atoms with Gasteiger partial charge >= 0.3 is 5.97 Å². The van der Waals surface area contributed by atoms with Crippen molar-refractivity contribution >= 4 is 27.1 Å². The van der Waals surface area contributed by atoms with Crippen molar-refractivity contribution in [2.75, 3.05) is 0 Å². The molecule has 0 saturated carbocycles. The first-order valence-corrected chi connectivity index (χ1v) is 7.48. The third-order valence-electron chi connectivity index (χ3n) is 2.17. The second-order valence-corrected chi connectivity index (χ2v) is 6.67. The van der Waals surface area contributed by atoms with Gasteiger partial charge in [0.25, 0.3) is 0 Å². The van der Waals surface area contributed by atoms with Gasteiger partial charge in [0.2, 0.25) is 0 Å². The Morgan fingerprint density at radius 3 is 2.67 bits per heavy atom. The molecule has 0 aromatic carbocycles. The summed E-state index contributed by atoms with van der Waals surface area (Å²) in [5, 5.41) is 10.5. The van der Waals surface area contributed by atoms with Gasteiger partial charge in [-0.3, -0.25) is 0 Å². The Bertz CT molecular complexity index is 662. The highest BCUT2D eigenvalue weighted by atomic mass is 32.2. The van der Waals surface area contributed by atoms with Gasteiger partial charge in [-0.15, -0.1) is 11.3 Å². The molecular weight excluding hydrogens is 274 g/mol. The third-order valence-corrected chi connectivity index (χ3v) is 5.30. The number of rotatable bonds is 4. The standard InChI is InChI=1S/C11H9NO4S2/c13-11(14)9-4-1-3-8(12-9)7-18(15,16)10-5-2-6-17-10/h1-6H,7H2,(H,13,14). The molecule has 0 spiro atoms. The van der Waals surface area contributed by atoms with Crippen molar-refractivity contribution in [2.24, 2.45) is 0 Å². The van der Waals surface area contributed by atoms with E-state index in [0.29, 0.717) is 0 Å². The molecule has 0 fully saturated rings. The summed E-state index contributed by atoms with van der Waals surface area (Å²) in [6, 6.07) is 7.47. The van der Waals surface area contributed by atoms with Crippen LogP contribution in [0.15, 0.2) is 39.9 Å². The SMILES string of the molecule is O=C(O)c1cccc(CS(=O)(=O)c2cccs2)n1. The Morgan fingerprint density at radius 2 is 2.06 bits per heavy atom. The average Bonchev–Trinajstić information content (AvgIpc) is 2.82. The average molecular weight is 283 g/mol. The Hall–Kier alpha value is -1.73. The van der Waals surface area contributed by atoms with Crippen LogP contribution in [0.25, 0.3) is 0 Å². The van der Waals surface area contributed by atoms with E-state index in [9.17, 15) is 13.2 Å². The van der Waals surface area contributed by atoms with Crippen LogP contribution in [0.4, 0.5) is 0 Å². The molecule has 0 aliphatic heterocycles. The summed E-state index contributed by atoms with van der Waals surface area (Å²) in [4.78, 5) is 14.5. The first kappa shape index (κ1) is 12.7. The molecule has 1 N–H and O–H groups in total. The number of aromatic nitrogens is 1. The number of nitrogens with zero attached hydrogens (tertiary/aromatic N) is 1. The fraction of sp³-hybridized carbons (Fsp3) is 0.0909. The quantitative estimate of drug-likeness (QED) is 0.925. The van der Waals surface area contributed by atoms with Gasteiger partial charge in [-0.05, 0) is 23.6 Å². The largest absolute Gasteiger partial charge is 0.477 e. The van der Waals surface area contributed by atoms with Crippen LogP contribution in [0.1, 0.15) is 16.2 Å². The van der Waals surface area contributed by atoms with Gasteiger partial charge in [0.1, 0.15) is 9.90 Å². The van der Waals surface area contributed by atoms with E-state index in [4.69, 9.17) is 5.11 Å². The summed E-state index contributed by atoms with van der Waals surface area (Å²) in [6.07, 6.45) is 0. The summed E-state index contributed by atoms with van der Waals surface area (Å²) >= 11 is 1.13. The molecule has 7 heteroatoms. The van der Waals surface area contributed by atoms with Crippen molar-refractivity contribution in [1.82, 2.24) is 4.98 Å². The van der Waals surface area contributed by atoms with Crippen molar-refractivity contribution < 1.29 is 18.3 Å². The highest BCUT2D eigenvalue weighted by Gasteiger charge is 2.18. The molecule has 18 heavy (non-hydrogen) atoms. The summed E-state index contributed by atoms with van der Waals surface area (Å²) in [5.74, 6) is -1.47. The van der Waals surface area contributed by atoms with Gasteiger partial charge in [0.05, 0.1) is 11.4 Å². The number of hydrogen-bond donors (Lipinski definition) is 1. The molecule has 2 aromatic rings. The van der Waals surface area contributed by atoms with Gasteiger partial charge < -0.3 is 5.11 Å². The minimum atomic E-state index is -3.45. The summed E-state index contributed by atoms with van der Waals surface area (Å²) in [5.41, 5.74) is 0.0668. The molecule has 0 unspecified atom stereocenters. The predicted octanol–water partition coefficient (Wildman–Crippen LogP) is 1.82. The molecule has 0 bridgehead atoms. The minimum absolute atomic E-state index is 0.158. The summed E-state index contributed by atoms with van der Waals surface area (Å²) < 4.78 is 24.2. The lowest BCUT2D eigenvalue weighted by atomic mass is 10.3. The smallest absolute Gasteiger partial charge is 0.354 e. The molecule has 2 rings (SSSR count). The summed E-state index contributed by atoms with van der Waals surface area (Å²) in [7, 11) is -3.45. The Balaban J connectivity index is 2.30. The van der Waals surface area contributed by atoms with E-state index in [-0.39, 0.29) is 21.3 Å². The molecule has 2 aromatic heterocycles. The fourth-order valence-electron chi connectivity index (χ4n) is 1.39. The van der Waals surface area contributed by atoms with Crippen LogP contribution in [0.2, 0.25) is 0 Å². The van der Waals surface area contributed by atoms with E-state index in [0.717, 1.165) is 11.3 Å². The Kier molecular flexibility index (Phi) is 3.44. The van der Waals surface area contributed by atoms with Crippen LogP contribution in [-0.2, 0) is 15.6 Å². The second-order valence-electron chi connectivity index (χ2n) is 3.51. The van der Waals surface area contributed by atoms with Crippen molar-refractivity contribution in [2.45, 2.75) is 9.96 Å². The maximum atomic E-state index is 12.0. The number of pyridine rings is 1. The van der Waals surface area contributed by atoms with Crippen LogP contribution in [0.5, 0.6) is 0 Å². The topological polar surface area (TPSA) is 84.3 Å². The zero-order valence-electron chi connectivity index (χ0n) is 9.11. The Labute approximate surface area is 108 Å². The molecule has 0 radical (unpaired) electrons. The number of sulfone groups is 1. The van der Waals surface area contributed by atoms with Crippen molar-refractivity contribution in [3.05, 3.63) is 47.1 Å². The first-order valence-electron chi connectivity index (χ1n) is 4.94. The maximum absolute atomic E-state index is 12.0. The van der Waals surface area contributed by atoms with E-state index in [1.165, 1.54) is 24.3 Å². The van der Waals surface area contributed by atoms with Gasteiger partial charge in [0, 0.05) is 0 Å². The lowest BCUT2D eigenvalue weighted by Crippen LogP contribution is -2.08. The molecule has 0 saturated heterocycles. The van der Waals surface area contributed by atoms with Crippen molar-refractivity contribution in [3.8, 4) is 0 Å². The van der Waals surface area contributed by atoms with Crippen molar-refractivity contribution in [1.29, 1.82) is 0 Å². The normalized spacial score (nSPS) is 11.3. The Morgan fingerprint density at radius 1 is 1.28 bits per heavy atom. The molecule has 0 amide bonds. The zero-order valence-corrected chi connectivity index (χ0v) is 10.7. The predicted molar refractivity (Wildman–Crippen MR) is 66.4 cm³/mol. The third kappa shape index (κ3) is 2.74. The van der Waals surface area contributed by atoms with Crippen LogP contribution >= 0.6 is 11.3 Å². The molecular formula is C11H9NO4S2. The fourth-order valence-corrected chi connectivity index (χ4v) is 3.74. The highest BCUT2D eigenvalue weighted by Crippen LogP contribution is 2.20. The number of thiophene rings is 1. The lowest BCUT2D eigenvalue weighted by molar-refractivity contribution is 0.0690. The molecule has 0 aliphatic rings. The maximum Gasteiger partial charge on any atom is 0.354 e. The number of carboxylic acids is 1. The van der Waals surface area contributed by atoms with Gasteiger partial charge in [-0.25, -0.2) is 18.2 Å². The zero-order chi connectivity index (χ0) is 13.2. The monoisotopic (exact) mass is 283 g/mol. The number of carbonyl (C=O) groups is 1. The van der Waals surface area contributed by atoms with Gasteiger partial charge in [0.15, 0.2) is 9.84 Å². The van der Waals surface area contributed by atoms with E-state index in [1.807, 2.05) is 0 Å². The first-order chi connectivity index (χ1) is 8.49. The lowest BCUT2D eigenvalue weighted by Gasteiger charge is -2.02. The van der Waals surface area contributed by atoms with E-state index in [1.54, 1.807) is 11.4 Å². The van der Waals surface area contributed by atoms with Crippen LogP contribution in [-0.4, -0.2) is 24.5 Å². The van der Waals surface area contributed by atoms with E-state index in [2.05, 4.69) is 4.98 Å². The van der Waals surface area contributed by atoms with Crippen LogP contribution in [0.3, 0.4) is 0 Å². The van der Waals surface area contributed by atoms with Crippen LogP contribution < -0.4 is 0 Å². The molecule has 5 nitrogen and oxygen atoms in total. The molecule has 0 atom stereocenters. The van der Waals surface area contributed by atoms with Crippen molar-refractivity contribution in [3.63, 3.8) is 0 Å². The number of hydrogen-bond acceptors (Lipinski definition) is 5. The van der Waals surface area contributed by atoms with E-state index < -0.39 is 15.8 Å². The highest BCUT2D eigenvalue weighted by molar-refractivity contribution is 7.92. The number of carboxylic acid groups (broad SMARTS) is 1. The van der Waals surface area contributed by atoms with Gasteiger partial charge in [-0.2, -0.15) is 0 Å². The second kappa shape index (κ2) is 4.87. The molecule has 2 heterocycles. The van der Waals surface area contributed by atoms with Crippen LogP contribution in [0, 0.1) is 0 Å². The summed E-state index contributed by atoms with van der Waals surface area (Å²) in [6.45, 7) is 0. The van der Waals surface area contributed by atoms with E-state index >= 15 is 0 Å². The minimum Gasteiger partial charge on any atom is -0.477 e. The number of aromatic carboxylic acids is 1.